The van der Waals surface area contributed by atoms with Gasteiger partial charge in [0.05, 0.1) is 0 Å². The molecule has 0 aliphatic carbocycles. The largest absolute Gasteiger partial charge is 0.0871 e. The van der Waals surface area contributed by atoms with Crippen LogP contribution in [-0.2, 0) is 0 Å². The van der Waals surface area contributed by atoms with E-state index >= 15 is 0 Å². The van der Waals surface area contributed by atoms with Crippen LogP contribution >= 0.6 is 0 Å². The lowest BCUT2D eigenvalue weighted by Crippen LogP contribution is -1.80. The van der Waals surface area contributed by atoms with Crippen molar-refractivity contribution in [3.05, 3.63) is 53.1 Å². The highest BCUT2D eigenvalue weighted by molar-refractivity contribution is 5.64. The van der Waals surface area contributed by atoms with Gasteiger partial charge in [0.2, 0.25) is 0 Å². The van der Waals surface area contributed by atoms with Crippen molar-refractivity contribution < 1.29 is 0 Å². The minimum atomic E-state index is 1.25. The summed E-state index contributed by atoms with van der Waals surface area (Å²) in [5.74, 6) is 0. The van der Waals surface area contributed by atoms with E-state index in [1.54, 1.807) is 0 Å². The van der Waals surface area contributed by atoms with Crippen molar-refractivity contribution in [2.24, 2.45) is 0 Å². The first kappa shape index (κ1) is 11.5. The first-order chi connectivity index (χ1) is 7.30. The molecule has 0 aromatic heterocycles. The van der Waals surface area contributed by atoms with Gasteiger partial charge in [-0.1, -0.05) is 36.5 Å². The molecule has 0 aliphatic heterocycles. The van der Waals surface area contributed by atoms with E-state index in [1.807, 2.05) is 20.8 Å². The Morgan fingerprint density at radius 3 is 1.07 bits per heavy atom. The summed E-state index contributed by atoms with van der Waals surface area (Å²) in [5.41, 5.74) is 3.75. The Morgan fingerprint density at radius 1 is 0.600 bits per heavy atom. The van der Waals surface area contributed by atoms with Crippen LogP contribution in [0.1, 0.15) is 37.5 Å². The van der Waals surface area contributed by atoms with Crippen LogP contribution < -0.4 is 0 Å². The van der Waals surface area contributed by atoms with Gasteiger partial charge in [-0.05, 0) is 55.7 Å². The molecule has 0 heterocycles. The molecular weight excluding hydrogens is 180 g/mol. The fraction of sp³-hybridized carbons (Fsp3) is 0.200. The van der Waals surface area contributed by atoms with Crippen molar-refractivity contribution in [2.75, 3.05) is 0 Å². The number of rotatable bonds is 3. The second kappa shape index (κ2) is 6.02. The van der Waals surface area contributed by atoms with Crippen molar-refractivity contribution in [1.29, 1.82) is 0 Å². The molecule has 0 saturated heterocycles. The van der Waals surface area contributed by atoms with Crippen molar-refractivity contribution in [3.63, 3.8) is 0 Å². The molecule has 0 amide bonds. The maximum atomic E-state index is 2.19. The SMILES string of the molecule is C/C=C/c1cc(/C=C/C)cc(/C=C/C)c1. The summed E-state index contributed by atoms with van der Waals surface area (Å²) in [6.07, 6.45) is 12.6. The Labute approximate surface area is 92.6 Å². The number of hydrogen-bond acceptors (Lipinski definition) is 0. The fourth-order valence-electron chi connectivity index (χ4n) is 1.57. The molecule has 0 atom stereocenters. The van der Waals surface area contributed by atoms with Crippen molar-refractivity contribution in [3.8, 4) is 0 Å². The van der Waals surface area contributed by atoms with E-state index in [4.69, 9.17) is 0 Å². The monoisotopic (exact) mass is 198 g/mol. The summed E-state index contributed by atoms with van der Waals surface area (Å²) in [6.45, 7) is 6.12. The quantitative estimate of drug-likeness (QED) is 0.655. The molecule has 0 N–H and O–H groups in total. The van der Waals surface area contributed by atoms with Gasteiger partial charge in [0, 0.05) is 0 Å². The predicted molar refractivity (Wildman–Crippen MR) is 70.6 cm³/mol. The van der Waals surface area contributed by atoms with Gasteiger partial charge in [0.15, 0.2) is 0 Å². The van der Waals surface area contributed by atoms with Crippen LogP contribution in [0.3, 0.4) is 0 Å². The summed E-state index contributed by atoms with van der Waals surface area (Å²) in [6, 6.07) is 6.56. The molecule has 0 bridgehead atoms. The lowest BCUT2D eigenvalue weighted by molar-refractivity contribution is 1.56. The molecule has 0 unspecified atom stereocenters. The zero-order chi connectivity index (χ0) is 11.1. The van der Waals surface area contributed by atoms with Gasteiger partial charge in [-0.25, -0.2) is 0 Å². The molecule has 0 spiro atoms. The molecular formula is C15H18. The molecule has 0 radical (unpaired) electrons. The Morgan fingerprint density at radius 2 is 0.867 bits per heavy atom. The fourth-order valence-corrected chi connectivity index (χ4v) is 1.57. The molecule has 0 saturated carbocycles. The second-order valence-electron chi connectivity index (χ2n) is 3.43. The molecule has 1 rings (SSSR count). The number of allylic oxidation sites excluding steroid dienone is 3. The normalized spacial score (nSPS) is 12.2. The third kappa shape index (κ3) is 3.59. The van der Waals surface area contributed by atoms with E-state index in [0.717, 1.165) is 0 Å². The first-order valence-electron chi connectivity index (χ1n) is 5.33. The second-order valence-corrected chi connectivity index (χ2v) is 3.43. The standard InChI is InChI=1S/C15H18/c1-4-7-13-10-14(8-5-2)12-15(11-13)9-6-3/h4-12H,1-3H3/b7-4+,8-5+,9-6+. The van der Waals surface area contributed by atoms with Crippen molar-refractivity contribution in [2.45, 2.75) is 20.8 Å². The summed E-state index contributed by atoms with van der Waals surface area (Å²) in [4.78, 5) is 0. The molecule has 0 nitrogen and oxygen atoms in total. The van der Waals surface area contributed by atoms with Gasteiger partial charge in [-0.15, -0.1) is 0 Å². The molecule has 1 aromatic carbocycles. The van der Waals surface area contributed by atoms with Crippen LogP contribution in [0.15, 0.2) is 36.4 Å². The molecule has 15 heavy (non-hydrogen) atoms. The van der Waals surface area contributed by atoms with E-state index in [-0.39, 0.29) is 0 Å². The number of hydrogen-bond donors (Lipinski definition) is 0. The average Bonchev–Trinajstić information content (AvgIpc) is 2.19. The highest BCUT2D eigenvalue weighted by Crippen LogP contribution is 2.14. The maximum absolute atomic E-state index is 2.19. The van der Waals surface area contributed by atoms with E-state index in [9.17, 15) is 0 Å². The summed E-state index contributed by atoms with van der Waals surface area (Å²) >= 11 is 0. The third-order valence-corrected chi connectivity index (χ3v) is 2.08. The van der Waals surface area contributed by atoms with Gasteiger partial charge in [0.25, 0.3) is 0 Å². The Bertz CT molecular complexity index is 318. The van der Waals surface area contributed by atoms with Gasteiger partial charge in [-0.3, -0.25) is 0 Å². The highest BCUT2D eigenvalue weighted by Gasteiger charge is 1.94. The van der Waals surface area contributed by atoms with Crippen LogP contribution in [0, 0.1) is 0 Å². The maximum Gasteiger partial charge on any atom is -0.0248 e. The molecule has 0 heteroatoms. The number of benzene rings is 1. The lowest BCUT2D eigenvalue weighted by Gasteiger charge is -2.01. The summed E-state index contributed by atoms with van der Waals surface area (Å²) in [5, 5.41) is 0. The summed E-state index contributed by atoms with van der Waals surface area (Å²) in [7, 11) is 0. The Kier molecular flexibility index (Phi) is 4.62. The average molecular weight is 198 g/mol. The van der Waals surface area contributed by atoms with Crippen molar-refractivity contribution >= 4 is 18.2 Å². The van der Waals surface area contributed by atoms with E-state index in [0.29, 0.717) is 0 Å². The highest BCUT2D eigenvalue weighted by atomic mass is 14.0. The van der Waals surface area contributed by atoms with E-state index in [1.165, 1.54) is 16.7 Å². The van der Waals surface area contributed by atoms with E-state index < -0.39 is 0 Å². The molecule has 1 aromatic rings. The van der Waals surface area contributed by atoms with Gasteiger partial charge in [0.1, 0.15) is 0 Å². The minimum Gasteiger partial charge on any atom is -0.0871 e. The van der Waals surface area contributed by atoms with Crippen LogP contribution in [0.2, 0.25) is 0 Å². The zero-order valence-electron chi connectivity index (χ0n) is 9.70. The van der Waals surface area contributed by atoms with Crippen molar-refractivity contribution in [1.82, 2.24) is 0 Å². The summed E-state index contributed by atoms with van der Waals surface area (Å²) < 4.78 is 0. The minimum absolute atomic E-state index is 1.25. The van der Waals surface area contributed by atoms with Gasteiger partial charge >= 0.3 is 0 Å². The molecule has 0 aliphatic rings. The third-order valence-electron chi connectivity index (χ3n) is 2.08. The van der Waals surface area contributed by atoms with Crippen LogP contribution in [0.5, 0.6) is 0 Å². The van der Waals surface area contributed by atoms with Gasteiger partial charge < -0.3 is 0 Å². The molecule has 0 fully saturated rings. The molecule has 78 valence electrons. The Balaban J connectivity index is 3.19. The van der Waals surface area contributed by atoms with Crippen LogP contribution in [-0.4, -0.2) is 0 Å². The lowest BCUT2D eigenvalue weighted by atomic mass is 10.0. The van der Waals surface area contributed by atoms with E-state index in [2.05, 4.69) is 54.7 Å². The van der Waals surface area contributed by atoms with Gasteiger partial charge in [-0.2, -0.15) is 0 Å². The topological polar surface area (TPSA) is 0 Å². The first-order valence-corrected chi connectivity index (χ1v) is 5.33. The predicted octanol–water partition coefficient (Wildman–Crippen LogP) is 4.79. The zero-order valence-corrected chi connectivity index (χ0v) is 9.70. The Hall–Kier alpha value is -1.56. The smallest absolute Gasteiger partial charge is 0.0248 e. The van der Waals surface area contributed by atoms with Crippen LogP contribution in [0.4, 0.5) is 0 Å². The van der Waals surface area contributed by atoms with Crippen LogP contribution in [0.25, 0.3) is 18.2 Å².